The van der Waals surface area contributed by atoms with Crippen molar-refractivity contribution in [1.29, 1.82) is 0 Å². The van der Waals surface area contributed by atoms with Gasteiger partial charge in [0, 0.05) is 12.1 Å². The maximum atomic E-state index is 11.4. The molecule has 1 fully saturated rings. The zero-order valence-electron chi connectivity index (χ0n) is 10.6. The van der Waals surface area contributed by atoms with Gasteiger partial charge in [-0.2, -0.15) is 0 Å². The number of nitrogens with one attached hydrogen (secondary N) is 1. The molecule has 3 rings (SSSR count). The summed E-state index contributed by atoms with van der Waals surface area (Å²) < 4.78 is 0. The predicted octanol–water partition coefficient (Wildman–Crippen LogP) is 1.23. The highest BCUT2D eigenvalue weighted by Gasteiger charge is 2.41. The van der Waals surface area contributed by atoms with Crippen LogP contribution in [0, 0.1) is 5.41 Å². The number of hydrogen-bond donors (Lipinski definition) is 2. The Balaban J connectivity index is 1.87. The zero-order valence-corrected chi connectivity index (χ0v) is 10.6. The number of carbonyl (C=O) groups excluding carboxylic acids is 1. The first-order valence-corrected chi connectivity index (χ1v) is 6.37. The number of fused-ring (bicyclic) bond motifs is 1. The van der Waals surface area contributed by atoms with Crippen LogP contribution < -0.4 is 5.48 Å². The van der Waals surface area contributed by atoms with Crippen LogP contribution in [0.25, 0.3) is 0 Å². The molecule has 96 valence electrons. The van der Waals surface area contributed by atoms with E-state index in [0.717, 1.165) is 25.9 Å². The third kappa shape index (κ3) is 1.82. The molecule has 0 saturated carbocycles. The lowest BCUT2D eigenvalue weighted by molar-refractivity contribution is 0.0706. The monoisotopic (exact) mass is 246 g/mol. The molecule has 4 nitrogen and oxygen atoms in total. The number of nitrogens with zero attached hydrogens (tertiary/aromatic N) is 1. The number of benzene rings is 1. The fraction of sp³-hybridized carbons (Fsp3) is 0.500. The Bertz CT molecular complexity index is 501. The van der Waals surface area contributed by atoms with E-state index in [1.807, 2.05) is 12.1 Å². The molecule has 1 aromatic rings. The summed E-state index contributed by atoms with van der Waals surface area (Å²) in [6, 6.07) is 5.75. The van der Waals surface area contributed by atoms with Crippen molar-refractivity contribution in [2.75, 3.05) is 20.1 Å². The van der Waals surface area contributed by atoms with E-state index in [2.05, 4.69) is 11.9 Å². The van der Waals surface area contributed by atoms with E-state index in [0.29, 0.717) is 11.0 Å². The molecule has 1 aliphatic heterocycles. The Kier molecular flexibility index (Phi) is 2.64. The fourth-order valence-electron chi connectivity index (χ4n) is 3.49. The first-order chi connectivity index (χ1) is 8.62. The van der Waals surface area contributed by atoms with Gasteiger partial charge in [0.1, 0.15) is 0 Å². The Hall–Kier alpha value is -1.39. The molecule has 1 aromatic carbocycles. The summed E-state index contributed by atoms with van der Waals surface area (Å²) in [5, 5.41) is 8.67. The van der Waals surface area contributed by atoms with E-state index in [4.69, 9.17) is 5.21 Å². The van der Waals surface area contributed by atoms with E-state index in [-0.39, 0.29) is 0 Å². The van der Waals surface area contributed by atoms with Gasteiger partial charge in [-0.15, -0.1) is 0 Å². The van der Waals surface area contributed by atoms with E-state index < -0.39 is 5.91 Å². The SMILES string of the molecule is CN1CCC2(Cc3ccc(C(=O)NO)cc3C2)C1. The van der Waals surface area contributed by atoms with Crippen molar-refractivity contribution in [3.05, 3.63) is 34.9 Å². The normalized spacial score (nSPS) is 26.6. The van der Waals surface area contributed by atoms with Crippen molar-refractivity contribution in [2.45, 2.75) is 19.3 Å². The molecule has 1 unspecified atom stereocenters. The number of hydroxylamine groups is 1. The standard InChI is InChI=1S/C14H18N2O2/c1-16-5-4-14(9-16)7-11-3-2-10(13(17)15-18)6-12(11)8-14/h2-3,6,18H,4-5,7-9H2,1H3,(H,15,17). The number of rotatable bonds is 1. The molecule has 4 heteroatoms. The molecule has 1 amide bonds. The van der Waals surface area contributed by atoms with Gasteiger partial charge in [0.2, 0.25) is 0 Å². The third-order valence-corrected chi connectivity index (χ3v) is 4.33. The van der Waals surface area contributed by atoms with Crippen molar-refractivity contribution in [3.8, 4) is 0 Å². The Morgan fingerprint density at radius 3 is 2.83 bits per heavy atom. The van der Waals surface area contributed by atoms with Crippen molar-refractivity contribution in [1.82, 2.24) is 10.4 Å². The average Bonchev–Trinajstić information content (AvgIpc) is 2.90. The van der Waals surface area contributed by atoms with Crippen molar-refractivity contribution in [3.63, 3.8) is 0 Å². The molecule has 0 bridgehead atoms. The van der Waals surface area contributed by atoms with Crippen LogP contribution in [0.5, 0.6) is 0 Å². The number of carbonyl (C=O) groups is 1. The van der Waals surface area contributed by atoms with E-state index in [1.54, 1.807) is 11.5 Å². The number of hydrogen-bond acceptors (Lipinski definition) is 3. The molecular weight excluding hydrogens is 228 g/mol. The minimum atomic E-state index is -0.428. The molecule has 18 heavy (non-hydrogen) atoms. The van der Waals surface area contributed by atoms with Crippen LogP contribution in [-0.2, 0) is 12.8 Å². The van der Waals surface area contributed by atoms with Gasteiger partial charge in [0.25, 0.3) is 5.91 Å². The van der Waals surface area contributed by atoms with Crippen LogP contribution in [0.15, 0.2) is 18.2 Å². The van der Waals surface area contributed by atoms with E-state index >= 15 is 0 Å². The third-order valence-electron chi connectivity index (χ3n) is 4.33. The van der Waals surface area contributed by atoms with E-state index in [9.17, 15) is 4.79 Å². The van der Waals surface area contributed by atoms with Gasteiger partial charge in [0.15, 0.2) is 0 Å². The maximum absolute atomic E-state index is 11.4. The molecule has 1 atom stereocenters. The first kappa shape index (κ1) is 11.7. The van der Waals surface area contributed by atoms with Gasteiger partial charge >= 0.3 is 0 Å². The van der Waals surface area contributed by atoms with Crippen LogP contribution in [-0.4, -0.2) is 36.2 Å². The average molecular weight is 246 g/mol. The molecule has 2 N–H and O–H groups in total. The summed E-state index contributed by atoms with van der Waals surface area (Å²) in [7, 11) is 2.17. The second-order valence-electron chi connectivity index (χ2n) is 5.77. The minimum Gasteiger partial charge on any atom is -0.306 e. The summed E-state index contributed by atoms with van der Waals surface area (Å²) in [6.07, 6.45) is 3.41. The Labute approximate surface area is 107 Å². The van der Waals surface area contributed by atoms with Crippen LogP contribution in [0.1, 0.15) is 27.9 Å². The molecule has 1 spiro atoms. The molecule has 1 saturated heterocycles. The highest BCUT2D eigenvalue weighted by atomic mass is 16.5. The van der Waals surface area contributed by atoms with Crippen molar-refractivity contribution >= 4 is 5.91 Å². The topological polar surface area (TPSA) is 52.6 Å². The number of likely N-dealkylation sites (tertiary alicyclic amines) is 1. The van der Waals surface area contributed by atoms with Gasteiger partial charge < -0.3 is 4.90 Å². The predicted molar refractivity (Wildman–Crippen MR) is 67.6 cm³/mol. The lowest BCUT2D eigenvalue weighted by atomic mass is 9.84. The second kappa shape index (κ2) is 4.07. The van der Waals surface area contributed by atoms with Crippen molar-refractivity contribution < 1.29 is 10.0 Å². The van der Waals surface area contributed by atoms with Gasteiger partial charge in [-0.3, -0.25) is 10.0 Å². The summed E-state index contributed by atoms with van der Waals surface area (Å²) in [6.45, 7) is 2.31. The lowest BCUT2D eigenvalue weighted by Gasteiger charge is -2.22. The van der Waals surface area contributed by atoms with Crippen LogP contribution >= 0.6 is 0 Å². The molecule has 1 aliphatic carbocycles. The zero-order chi connectivity index (χ0) is 12.8. The van der Waals surface area contributed by atoms with Gasteiger partial charge in [-0.05, 0) is 61.5 Å². The molecule has 2 aliphatic rings. The molecular formula is C14H18N2O2. The summed E-state index contributed by atoms with van der Waals surface area (Å²) in [5.74, 6) is -0.428. The lowest BCUT2D eigenvalue weighted by Crippen LogP contribution is -2.25. The Morgan fingerprint density at radius 2 is 2.17 bits per heavy atom. The Morgan fingerprint density at radius 1 is 1.39 bits per heavy atom. The number of amides is 1. The highest BCUT2D eigenvalue weighted by Crippen LogP contribution is 2.43. The maximum Gasteiger partial charge on any atom is 0.274 e. The van der Waals surface area contributed by atoms with Gasteiger partial charge in [-0.1, -0.05) is 6.07 Å². The van der Waals surface area contributed by atoms with Crippen LogP contribution in [0.3, 0.4) is 0 Å². The quantitative estimate of drug-likeness (QED) is 0.579. The molecule has 1 heterocycles. The van der Waals surface area contributed by atoms with Crippen molar-refractivity contribution in [2.24, 2.45) is 5.41 Å². The summed E-state index contributed by atoms with van der Waals surface area (Å²) in [5.41, 5.74) is 5.25. The summed E-state index contributed by atoms with van der Waals surface area (Å²) in [4.78, 5) is 13.8. The van der Waals surface area contributed by atoms with Crippen LogP contribution in [0.4, 0.5) is 0 Å². The molecule has 0 aromatic heterocycles. The van der Waals surface area contributed by atoms with Crippen LogP contribution in [0.2, 0.25) is 0 Å². The highest BCUT2D eigenvalue weighted by molar-refractivity contribution is 5.93. The van der Waals surface area contributed by atoms with Gasteiger partial charge in [-0.25, -0.2) is 5.48 Å². The fourth-order valence-corrected chi connectivity index (χ4v) is 3.49. The first-order valence-electron chi connectivity index (χ1n) is 6.37. The summed E-state index contributed by atoms with van der Waals surface area (Å²) >= 11 is 0. The van der Waals surface area contributed by atoms with Gasteiger partial charge in [0.05, 0.1) is 0 Å². The second-order valence-corrected chi connectivity index (χ2v) is 5.77. The minimum absolute atomic E-state index is 0.380. The molecule has 0 radical (unpaired) electrons. The smallest absolute Gasteiger partial charge is 0.274 e. The largest absolute Gasteiger partial charge is 0.306 e. The van der Waals surface area contributed by atoms with E-state index in [1.165, 1.54) is 17.5 Å².